The molecular weight excluding hydrogens is 168 g/mol. The quantitative estimate of drug-likeness (QED) is 0.490. The van der Waals surface area contributed by atoms with Crippen molar-refractivity contribution in [2.24, 2.45) is 0 Å². The van der Waals surface area contributed by atoms with Gasteiger partial charge in [-0.15, -0.1) is 11.8 Å². The molecule has 0 aromatic heterocycles. The first-order valence-corrected chi connectivity index (χ1v) is 5.69. The molecule has 0 spiro atoms. The smallest absolute Gasteiger partial charge is 0.141 e. The van der Waals surface area contributed by atoms with Gasteiger partial charge in [-0.25, -0.2) is 0 Å². The summed E-state index contributed by atoms with van der Waals surface area (Å²) in [6, 6.07) is 0. The summed E-state index contributed by atoms with van der Waals surface area (Å²) in [5.41, 5.74) is 0.283. The number of hydrogen-bond donors (Lipinski definition) is 0. The lowest BCUT2D eigenvalue weighted by Crippen LogP contribution is -2.12. The van der Waals surface area contributed by atoms with Gasteiger partial charge in [-0.05, 0) is 19.8 Å². The first kappa shape index (κ1) is 9.97. The van der Waals surface area contributed by atoms with Crippen molar-refractivity contribution in [2.45, 2.75) is 49.7 Å². The topological polar surface area (TPSA) is 9.23 Å². The van der Waals surface area contributed by atoms with Gasteiger partial charge in [0.05, 0.1) is 6.26 Å². The molecule has 1 unspecified atom stereocenters. The third kappa shape index (κ3) is 3.53. The minimum absolute atomic E-state index is 0.283. The van der Waals surface area contributed by atoms with Crippen LogP contribution in [0.1, 0.15) is 39.0 Å². The molecule has 1 nitrogen and oxygen atoms in total. The summed E-state index contributed by atoms with van der Waals surface area (Å²) >= 11 is 1.95. The van der Waals surface area contributed by atoms with E-state index >= 15 is 0 Å². The molecule has 0 aromatic carbocycles. The predicted octanol–water partition coefficient (Wildman–Crippen LogP) is 3.56. The second kappa shape index (κ2) is 5.52. The Balaban J connectivity index is 2.15. The van der Waals surface area contributed by atoms with E-state index < -0.39 is 0 Å². The highest BCUT2D eigenvalue weighted by atomic mass is 32.2. The zero-order chi connectivity index (χ0) is 8.81. The molecule has 1 saturated carbocycles. The molecule has 0 bridgehead atoms. The molecule has 1 aliphatic carbocycles. The van der Waals surface area contributed by atoms with Crippen LogP contribution < -0.4 is 0 Å². The molecule has 70 valence electrons. The Morgan fingerprint density at radius 2 is 2.08 bits per heavy atom. The zero-order valence-corrected chi connectivity index (χ0v) is 8.61. The number of hydrogen-bond acceptors (Lipinski definition) is 2. The van der Waals surface area contributed by atoms with Crippen molar-refractivity contribution < 1.29 is 4.74 Å². The third-order valence-corrected chi connectivity index (χ3v) is 3.57. The SMILES string of the molecule is C=COC(C)SC1CCCCC1. The van der Waals surface area contributed by atoms with Gasteiger partial charge in [0.15, 0.2) is 0 Å². The molecule has 12 heavy (non-hydrogen) atoms. The van der Waals surface area contributed by atoms with Gasteiger partial charge >= 0.3 is 0 Å². The van der Waals surface area contributed by atoms with Crippen molar-refractivity contribution >= 4 is 11.8 Å². The van der Waals surface area contributed by atoms with Crippen molar-refractivity contribution in [1.82, 2.24) is 0 Å². The van der Waals surface area contributed by atoms with E-state index in [9.17, 15) is 0 Å². The average Bonchev–Trinajstić information content (AvgIpc) is 2.06. The van der Waals surface area contributed by atoms with E-state index in [0.29, 0.717) is 0 Å². The summed E-state index contributed by atoms with van der Waals surface area (Å²) < 4.78 is 5.27. The van der Waals surface area contributed by atoms with Crippen LogP contribution >= 0.6 is 11.8 Å². The average molecular weight is 186 g/mol. The summed E-state index contributed by atoms with van der Waals surface area (Å²) in [6.45, 7) is 5.66. The van der Waals surface area contributed by atoms with Crippen molar-refractivity contribution in [3.63, 3.8) is 0 Å². The van der Waals surface area contributed by atoms with Gasteiger partial charge in [-0.3, -0.25) is 0 Å². The monoisotopic (exact) mass is 186 g/mol. The normalized spacial score (nSPS) is 21.8. The molecule has 2 heteroatoms. The number of ether oxygens (including phenoxy) is 1. The van der Waals surface area contributed by atoms with Gasteiger partial charge in [0.25, 0.3) is 0 Å². The van der Waals surface area contributed by atoms with E-state index in [1.54, 1.807) is 6.26 Å². The number of rotatable bonds is 4. The first-order valence-electron chi connectivity index (χ1n) is 4.74. The molecule has 1 aliphatic rings. The van der Waals surface area contributed by atoms with E-state index in [-0.39, 0.29) is 5.44 Å². The van der Waals surface area contributed by atoms with Crippen LogP contribution in [0.25, 0.3) is 0 Å². The Hall–Kier alpha value is -0.110. The highest BCUT2D eigenvalue weighted by molar-refractivity contribution is 8.00. The van der Waals surface area contributed by atoms with E-state index in [4.69, 9.17) is 4.74 Å². The van der Waals surface area contributed by atoms with Crippen LogP contribution in [0.15, 0.2) is 12.8 Å². The molecule has 0 amide bonds. The van der Waals surface area contributed by atoms with Crippen LogP contribution in [-0.2, 0) is 4.74 Å². The van der Waals surface area contributed by atoms with Gasteiger partial charge in [-0.1, -0.05) is 25.8 Å². The lowest BCUT2D eigenvalue weighted by atomic mass is 10.0. The fraction of sp³-hybridized carbons (Fsp3) is 0.800. The van der Waals surface area contributed by atoms with Crippen LogP contribution in [0.4, 0.5) is 0 Å². The second-order valence-corrected chi connectivity index (χ2v) is 4.87. The van der Waals surface area contributed by atoms with Crippen molar-refractivity contribution in [2.75, 3.05) is 0 Å². The van der Waals surface area contributed by atoms with Gasteiger partial charge in [0.1, 0.15) is 5.44 Å². The minimum Gasteiger partial charge on any atom is -0.488 e. The van der Waals surface area contributed by atoms with E-state index in [2.05, 4.69) is 13.5 Å². The summed E-state index contributed by atoms with van der Waals surface area (Å²) in [4.78, 5) is 0. The highest BCUT2D eigenvalue weighted by Gasteiger charge is 2.16. The molecule has 0 aliphatic heterocycles. The van der Waals surface area contributed by atoms with Crippen LogP contribution in [0, 0.1) is 0 Å². The lowest BCUT2D eigenvalue weighted by molar-refractivity contribution is 0.239. The third-order valence-electron chi connectivity index (χ3n) is 2.22. The molecule has 1 fully saturated rings. The van der Waals surface area contributed by atoms with Crippen LogP contribution in [-0.4, -0.2) is 10.7 Å². The van der Waals surface area contributed by atoms with Gasteiger partial charge in [0, 0.05) is 5.25 Å². The summed E-state index contributed by atoms with van der Waals surface area (Å²) in [5, 5.41) is 0.827. The van der Waals surface area contributed by atoms with Crippen LogP contribution in [0.5, 0.6) is 0 Å². The van der Waals surface area contributed by atoms with Gasteiger partial charge in [0.2, 0.25) is 0 Å². The Morgan fingerprint density at radius 3 is 2.67 bits per heavy atom. The largest absolute Gasteiger partial charge is 0.488 e. The standard InChI is InChI=1S/C10H18OS/c1-3-11-9(2)12-10-7-5-4-6-8-10/h3,9-10H,1,4-8H2,2H3. The number of thioether (sulfide) groups is 1. The Kier molecular flexibility index (Phi) is 4.59. The maximum Gasteiger partial charge on any atom is 0.141 e. The molecule has 0 heterocycles. The van der Waals surface area contributed by atoms with Gasteiger partial charge < -0.3 is 4.74 Å². The molecule has 1 atom stereocenters. The van der Waals surface area contributed by atoms with Gasteiger partial charge in [-0.2, -0.15) is 0 Å². The van der Waals surface area contributed by atoms with Crippen molar-refractivity contribution in [1.29, 1.82) is 0 Å². The summed E-state index contributed by atoms with van der Waals surface area (Å²) in [5.74, 6) is 0. The maximum absolute atomic E-state index is 5.27. The van der Waals surface area contributed by atoms with E-state index in [1.165, 1.54) is 32.1 Å². The molecule has 1 rings (SSSR count). The Labute approximate surface area is 79.6 Å². The minimum atomic E-state index is 0.283. The first-order chi connectivity index (χ1) is 5.83. The van der Waals surface area contributed by atoms with E-state index in [0.717, 1.165) is 5.25 Å². The molecular formula is C10H18OS. The maximum atomic E-state index is 5.27. The predicted molar refractivity (Wildman–Crippen MR) is 55.2 cm³/mol. The highest BCUT2D eigenvalue weighted by Crippen LogP contribution is 2.31. The molecule has 0 N–H and O–H groups in total. The summed E-state index contributed by atoms with van der Waals surface area (Å²) in [7, 11) is 0. The Morgan fingerprint density at radius 1 is 1.42 bits per heavy atom. The van der Waals surface area contributed by atoms with Crippen molar-refractivity contribution in [3.05, 3.63) is 12.8 Å². The Bertz CT molecular complexity index is 130. The molecule has 0 aromatic rings. The fourth-order valence-corrected chi connectivity index (χ4v) is 2.93. The molecule has 0 radical (unpaired) electrons. The fourth-order valence-electron chi connectivity index (χ4n) is 1.64. The summed E-state index contributed by atoms with van der Waals surface area (Å²) in [6.07, 6.45) is 8.51. The molecule has 0 saturated heterocycles. The lowest BCUT2D eigenvalue weighted by Gasteiger charge is -2.23. The van der Waals surface area contributed by atoms with Crippen LogP contribution in [0.3, 0.4) is 0 Å². The van der Waals surface area contributed by atoms with Crippen LogP contribution in [0.2, 0.25) is 0 Å². The second-order valence-electron chi connectivity index (χ2n) is 3.27. The van der Waals surface area contributed by atoms with E-state index in [1.807, 2.05) is 11.8 Å². The van der Waals surface area contributed by atoms with Crippen molar-refractivity contribution in [3.8, 4) is 0 Å². The zero-order valence-electron chi connectivity index (χ0n) is 7.79.